The zero-order chi connectivity index (χ0) is 19.3. The lowest BCUT2D eigenvalue weighted by atomic mass is 9.76. The number of hydrogen-bond donors (Lipinski definition) is 4. The van der Waals surface area contributed by atoms with E-state index in [0.717, 1.165) is 6.08 Å². The van der Waals surface area contributed by atoms with Gasteiger partial charge in [-0.25, -0.2) is 0 Å². The minimum atomic E-state index is -1.70. The van der Waals surface area contributed by atoms with Crippen LogP contribution < -0.4 is 5.32 Å². The van der Waals surface area contributed by atoms with E-state index in [2.05, 4.69) is 5.32 Å². The van der Waals surface area contributed by atoms with Gasteiger partial charge in [0.2, 0.25) is 0 Å². The van der Waals surface area contributed by atoms with Gasteiger partial charge in [0.15, 0.2) is 17.3 Å². The van der Waals surface area contributed by atoms with Gasteiger partial charge in [0, 0.05) is 18.4 Å². The Hall–Kier alpha value is -3.39. The van der Waals surface area contributed by atoms with Crippen molar-refractivity contribution in [3.8, 4) is 5.75 Å². The van der Waals surface area contributed by atoms with Gasteiger partial charge in [-0.1, -0.05) is 12.1 Å². The fourth-order valence-electron chi connectivity index (χ4n) is 3.41. The summed E-state index contributed by atoms with van der Waals surface area (Å²) in [7, 11) is 0. The molecule has 0 saturated carbocycles. The van der Waals surface area contributed by atoms with Crippen LogP contribution in [0.5, 0.6) is 5.75 Å². The number of ether oxygens (including phenoxy) is 1. The molecule has 0 unspecified atom stereocenters. The van der Waals surface area contributed by atoms with Crippen LogP contribution in [0.4, 0.5) is 0 Å². The molecule has 1 aromatic rings. The first-order valence-corrected chi connectivity index (χ1v) is 8.24. The van der Waals surface area contributed by atoms with Crippen LogP contribution in [-0.4, -0.2) is 39.4 Å². The maximum Gasteiger partial charge on any atom is 0.290 e. The molecule has 1 aliphatic heterocycles. The molecule has 0 spiro atoms. The van der Waals surface area contributed by atoms with Crippen LogP contribution in [0.25, 0.3) is 0 Å². The normalized spacial score (nSPS) is 23.9. The van der Waals surface area contributed by atoms with Crippen molar-refractivity contribution in [2.45, 2.75) is 18.4 Å². The van der Waals surface area contributed by atoms with E-state index in [9.17, 15) is 29.7 Å². The van der Waals surface area contributed by atoms with E-state index in [-0.39, 0.29) is 64.9 Å². The largest absolute Gasteiger partial charge is 0.510 e. The van der Waals surface area contributed by atoms with E-state index < -0.39 is 17.3 Å². The number of Topliss-reactive ketones (excluding diaryl/α,β-unsaturated/α-hetero) is 1. The highest BCUT2D eigenvalue weighted by molar-refractivity contribution is 6.11. The number of rotatable bonds is 2. The first-order chi connectivity index (χ1) is 12.8. The number of aromatic hydroxyl groups is 1. The lowest BCUT2D eigenvalue weighted by molar-refractivity contribution is -0.124. The molecule has 8 nitrogen and oxygen atoms in total. The van der Waals surface area contributed by atoms with Crippen molar-refractivity contribution in [3.63, 3.8) is 0 Å². The number of carbonyl (C=O) groups is 3. The number of amides is 1. The third-order valence-corrected chi connectivity index (χ3v) is 4.84. The molecule has 2 aliphatic carbocycles. The number of hydrogen-bond acceptors (Lipinski definition) is 7. The highest BCUT2D eigenvalue weighted by Gasteiger charge is 2.45. The molecule has 0 saturated heterocycles. The zero-order valence-corrected chi connectivity index (χ0v) is 14.0. The summed E-state index contributed by atoms with van der Waals surface area (Å²) >= 11 is 0. The average molecular weight is 369 g/mol. The van der Waals surface area contributed by atoms with Crippen molar-refractivity contribution in [3.05, 3.63) is 64.3 Å². The van der Waals surface area contributed by atoms with Gasteiger partial charge in [-0.3, -0.25) is 14.4 Å². The van der Waals surface area contributed by atoms with Crippen molar-refractivity contribution in [2.75, 3.05) is 6.61 Å². The first kappa shape index (κ1) is 17.0. The van der Waals surface area contributed by atoms with Gasteiger partial charge < -0.3 is 25.4 Å². The summed E-state index contributed by atoms with van der Waals surface area (Å²) in [6.07, 6.45) is 2.62. The van der Waals surface area contributed by atoms with E-state index in [0.29, 0.717) is 0 Å². The number of benzene rings is 1. The van der Waals surface area contributed by atoms with Gasteiger partial charge in [0.05, 0.1) is 5.56 Å². The van der Waals surface area contributed by atoms with Crippen molar-refractivity contribution in [1.29, 1.82) is 0 Å². The number of aliphatic hydroxyl groups excluding tert-OH is 1. The number of phenols is 1. The van der Waals surface area contributed by atoms with Gasteiger partial charge in [0.1, 0.15) is 29.4 Å². The predicted octanol–water partition coefficient (Wildman–Crippen LogP) is 0.865. The highest BCUT2D eigenvalue weighted by atomic mass is 16.5. The summed E-state index contributed by atoms with van der Waals surface area (Å²) in [5, 5.41) is 32.9. The summed E-state index contributed by atoms with van der Waals surface area (Å²) in [6, 6.07) is 4.34. The second-order valence-corrected chi connectivity index (χ2v) is 6.52. The Bertz CT molecular complexity index is 1000. The fraction of sp³-hybridized carbons (Fsp3) is 0.211. The van der Waals surface area contributed by atoms with E-state index in [1.807, 2.05) is 0 Å². The van der Waals surface area contributed by atoms with E-state index in [1.165, 1.54) is 24.3 Å². The van der Waals surface area contributed by atoms with Crippen LogP contribution in [0, 0.1) is 0 Å². The number of nitrogens with one attached hydrogen (secondary N) is 1. The maximum absolute atomic E-state index is 12.4. The molecular formula is C19H15NO7. The van der Waals surface area contributed by atoms with Gasteiger partial charge in [-0.05, 0) is 23.8 Å². The molecule has 1 amide bonds. The molecule has 3 aliphatic rings. The second kappa shape index (κ2) is 5.82. The van der Waals surface area contributed by atoms with Crippen LogP contribution in [0.1, 0.15) is 28.8 Å². The molecule has 8 heteroatoms. The van der Waals surface area contributed by atoms with Crippen LogP contribution in [0.2, 0.25) is 0 Å². The van der Waals surface area contributed by atoms with E-state index in [4.69, 9.17) is 4.74 Å². The Kier molecular flexibility index (Phi) is 3.67. The van der Waals surface area contributed by atoms with Crippen molar-refractivity contribution in [1.82, 2.24) is 5.32 Å². The third-order valence-electron chi connectivity index (χ3n) is 4.84. The lowest BCUT2D eigenvalue weighted by Gasteiger charge is -2.37. The van der Waals surface area contributed by atoms with Gasteiger partial charge in [-0.2, -0.15) is 0 Å². The number of aliphatic hydroxyl groups is 2. The van der Waals surface area contributed by atoms with E-state index in [1.54, 1.807) is 0 Å². The Morgan fingerprint density at radius 2 is 1.93 bits per heavy atom. The smallest absolute Gasteiger partial charge is 0.290 e. The zero-order valence-electron chi connectivity index (χ0n) is 14.0. The Balaban J connectivity index is 1.68. The molecule has 4 rings (SSSR count). The van der Waals surface area contributed by atoms with Crippen LogP contribution in [0.3, 0.4) is 0 Å². The summed E-state index contributed by atoms with van der Waals surface area (Å²) < 4.78 is 5.37. The molecule has 138 valence electrons. The van der Waals surface area contributed by atoms with Crippen LogP contribution in [0.15, 0.2) is 53.1 Å². The quantitative estimate of drug-likeness (QED) is 0.608. The molecule has 0 fully saturated rings. The van der Waals surface area contributed by atoms with Crippen LogP contribution in [-0.2, 0) is 19.9 Å². The van der Waals surface area contributed by atoms with Crippen LogP contribution >= 0.6 is 0 Å². The molecule has 0 radical (unpaired) electrons. The molecule has 0 bridgehead atoms. The Morgan fingerprint density at radius 1 is 1.15 bits per heavy atom. The summed E-state index contributed by atoms with van der Waals surface area (Å²) in [6.45, 7) is -0.360. The molecule has 1 aromatic carbocycles. The van der Waals surface area contributed by atoms with Gasteiger partial charge >= 0.3 is 0 Å². The summed E-state index contributed by atoms with van der Waals surface area (Å²) in [4.78, 5) is 36.4. The lowest BCUT2D eigenvalue weighted by Crippen LogP contribution is -2.42. The van der Waals surface area contributed by atoms with Gasteiger partial charge in [0.25, 0.3) is 5.91 Å². The highest BCUT2D eigenvalue weighted by Crippen LogP contribution is 2.43. The van der Waals surface area contributed by atoms with Crippen molar-refractivity contribution >= 4 is 17.5 Å². The standard InChI is InChI=1S/C19H15NO7/c21-11-3-1-2-10-16(11)14(24)6-9-7-15(27-8-19(9,10)26)18(25)20-17-12(22)4-5-13(17)23/h1-3,6-7,21-22,26H,4-5,8H2,(H,20,25)/t19-/m1/s1. The number of allylic oxidation sites excluding steroid dienone is 3. The minimum Gasteiger partial charge on any atom is -0.510 e. The molecule has 1 atom stereocenters. The number of fused-ring (bicyclic) bond motifs is 3. The van der Waals surface area contributed by atoms with Crippen molar-refractivity contribution < 1.29 is 34.4 Å². The fourth-order valence-corrected chi connectivity index (χ4v) is 3.41. The number of phenolic OH excluding ortho intramolecular Hbond substituents is 1. The first-order valence-electron chi connectivity index (χ1n) is 8.24. The topological polar surface area (TPSA) is 133 Å². The monoisotopic (exact) mass is 369 g/mol. The SMILES string of the molecule is O=C1CCC(O)=C1NC(=O)C1=CC2=CC(=O)c3c(O)cccc3[C@@]2(O)CO1. The molecule has 0 aromatic heterocycles. The van der Waals surface area contributed by atoms with Gasteiger partial charge in [-0.15, -0.1) is 0 Å². The second-order valence-electron chi connectivity index (χ2n) is 6.52. The molecule has 1 heterocycles. The summed E-state index contributed by atoms with van der Waals surface area (Å²) in [5.41, 5.74) is -1.56. The maximum atomic E-state index is 12.4. The molecule has 27 heavy (non-hydrogen) atoms. The Morgan fingerprint density at radius 3 is 2.63 bits per heavy atom. The molecule has 4 N–H and O–H groups in total. The average Bonchev–Trinajstić information content (AvgIpc) is 2.94. The predicted molar refractivity (Wildman–Crippen MR) is 90.5 cm³/mol. The number of carbonyl (C=O) groups excluding carboxylic acids is 3. The Labute approximate surface area is 153 Å². The summed E-state index contributed by atoms with van der Waals surface area (Å²) in [5.74, 6) is -2.32. The third kappa shape index (κ3) is 2.53. The van der Waals surface area contributed by atoms with E-state index >= 15 is 0 Å². The van der Waals surface area contributed by atoms with Crippen molar-refractivity contribution in [2.24, 2.45) is 0 Å². The number of ketones is 2. The minimum absolute atomic E-state index is 0.0136. The molecular weight excluding hydrogens is 354 g/mol.